The maximum Gasteiger partial charge on any atom is 0.274 e. The van der Waals surface area contributed by atoms with Crippen LogP contribution in [0.2, 0.25) is 0 Å². The molecule has 0 saturated heterocycles. The van der Waals surface area contributed by atoms with E-state index in [9.17, 15) is 0 Å². The highest BCUT2D eigenvalue weighted by Gasteiger charge is 2.05. The van der Waals surface area contributed by atoms with Gasteiger partial charge in [-0.2, -0.15) is 0 Å². The van der Waals surface area contributed by atoms with E-state index in [0.29, 0.717) is 11.8 Å². The second kappa shape index (κ2) is 5.19. The fourth-order valence-electron chi connectivity index (χ4n) is 1.75. The number of anilines is 1. The van der Waals surface area contributed by atoms with Gasteiger partial charge in [0.05, 0.1) is 10.2 Å². The van der Waals surface area contributed by atoms with Crippen LogP contribution in [0, 0.1) is 0 Å². The molecule has 96 valence electrons. The number of ether oxygens (including phenoxy) is 1. The van der Waals surface area contributed by atoms with Gasteiger partial charge in [0.15, 0.2) is 0 Å². The Labute approximate surface area is 123 Å². The Morgan fingerprint density at radius 2 is 2.11 bits per heavy atom. The summed E-state index contributed by atoms with van der Waals surface area (Å²) in [4.78, 5) is 4.42. The second-order valence-corrected chi connectivity index (χ2v) is 6.03. The van der Waals surface area contributed by atoms with Crippen molar-refractivity contribution in [2.24, 2.45) is 0 Å². The van der Waals surface area contributed by atoms with Crippen LogP contribution in [0.3, 0.4) is 0 Å². The van der Waals surface area contributed by atoms with E-state index in [2.05, 4.69) is 20.9 Å². The van der Waals surface area contributed by atoms with E-state index >= 15 is 0 Å². The third-order valence-corrected chi connectivity index (χ3v) is 4.07. The van der Waals surface area contributed by atoms with E-state index in [1.165, 1.54) is 11.3 Å². The van der Waals surface area contributed by atoms with Crippen molar-refractivity contribution in [3.8, 4) is 5.19 Å². The van der Waals surface area contributed by atoms with Crippen molar-refractivity contribution in [1.82, 2.24) is 4.98 Å². The van der Waals surface area contributed by atoms with Crippen LogP contribution in [0.5, 0.6) is 5.19 Å². The van der Waals surface area contributed by atoms with E-state index in [1.807, 2.05) is 42.5 Å². The van der Waals surface area contributed by atoms with Crippen LogP contribution in [0.4, 0.5) is 5.69 Å². The molecule has 0 spiro atoms. The first kappa shape index (κ1) is 12.4. The highest BCUT2D eigenvalue weighted by molar-refractivity contribution is 9.10. The molecule has 0 aliphatic rings. The van der Waals surface area contributed by atoms with Crippen molar-refractivity contribution in [3.63, 3.8) is 0 Å². The first-order valence-electron chi connectivity index (χ1n) is 5.74. The van der Waals surface area contributed by atoms with Gasteiger partial charge in [0, 0.05) is 10.2 Å². The molecule has 0 radical (unpaired) electrons. The van der Waals surface area contributed by atoms with Crippen molar-refractivity contribution < 1.29 is 4.74 Å². The van der Waals surface area contributed by atoms with Gasteiger partial charge in [-0.1, -0.05) is 39.4 Å². The van der Waals surface area contributed by atoms with E-state index < -0.39 is 0 Å². The average Bonchev–Trinajstić information content (AvgIpc) is 2.78. The Hall–Kier alpha value is -1.59. The number of benzene rings is 2. The molecule has 0 aliphatic heterocycles. The number of hydrogen-bond donors (Lipinski definition) is 1. The normalized spacial score (nSPS) is 10.8. The van der Waals surface area contributed by atoms with Gasteiger partial charge in [0.25, 0.3) is 5.19 Å². The van der Waals surface area contributed by atoms with Gasteiger partial charge in [-0.15, -0.1) is 0 Å². The SMILES string of the molecule is Nc1ccc2nc(OCc3cccc(Br)c3)sc2c1. The van der Waals surface area contributed by atoms with E-state index in [-0.39, 0.29) is 0 Å². The molecule has 19 heavy (non-hydrogen) atoms. The lowest BCUT2D eigenvalue weighted by atomic mass is 10.2. The highest BCUT2D eigenvalue weighted by Crippen LogP contribution is 2.29. The number of hydrogen-bond acceptors (Lipinski definition) is 4. The van der Waals surface area contributed by atoms with Crippen LogP contribution < -0.4 is 10.5 Å². The smallest absolute Gasteiger partial charge is 0.274 e. The molecule has 0 unspecified atom stereocenters. The van der Waals surface area contributed by atoms with Crippen LogP contribution in [0.1, 0.15) is 5.56 Å². The number of nitrogen functional groups attached to an aromatic ring is 1. The minimum absolute atomic E-state index is 0.509. The topological polar surface area (TPSA) is 48.1 Å². The molecule has 3 aromatic rings. The summed E-state index contributed by atoms with van der Waals surface area (Å²) in [5.41, 5.74) is 8.52. The van der Waals surface area contributed by atoms with Gasteiger partial charge < -0.3 is 10.5 Å². The molecule has 1 heterocycles. The summed E-state index contributed by atoms with van der Waals surface area (Å²) >= 11 is 4.95. The Kier molecular flexibility index (Phi) is 3.40. The maximum atomic E-state index is 5.75. The van der Waals surface area contributed by atoms with Crippen molar-refractivity contribution in [3.05, 3.63) is 52.5 Å². The van der Waals surface area contributed by atoms with Gasteiger partial charge in [0.1, 0.15) is 6.61 Å². The van der Waals surface area contributed by atoms with Crippen molar-refractivity contribution in [2.75, 3.05) is 5.73 Å². The quantitative estimate of drug-likeness (QED) is 0.729. The average molecular weight is 335 g/mol. The molecular weight excluding hydrogens is 324 g/mol. The molecule has 5 heteroatoms. The minimum atomic E-state index is 0.509. The largest absolute Gasteiger partial charge is 0.465 e. The standard InChI is InChI=1S/C14H11BrN2OS/c15-10-3-1-2-9(6-10)8-18-14-17-12-5-4-11(16)7-13(12)19-14/h1-7H,8,16H2. The molecule has 0 saturated carbocycles. The number of halogens is 1. The zero-order valence-corrected chi connectivity index (χ0v) is 12.4. The van der Waals surface area contributed by atoms with Crippen LogP contribution in [0.25, 0.3) is 10.2 Å². The first-order valence-corrected chi connectivity index (χ1v) is 7.35. The fourth-order valence-corrected chi connectivity index (χ4v) is 3.06. The third-order valence-electron chi connectivity index (χ3n) is 2.64. The summed E-state index contributed by atoms with van der Waals surface area (Å²) in [5.74, 6) is 0. The molecule has 2 aromatic carbocycles. The summed E-state index contributed by atoms with van der Waals surface area (Å²) in [6.45, 7) is 0.509. The number of thiazole rings is 1. The van der Waals surface area contributed by atoms with Crippen LogP contribution in [-0.4, -0.2) is 4.98 Å². The molecule has 1 aromatic heterocycles. The van der Waals surface area contributed by atoms with Gasteiger partial charge in [-0.25, -0.2) is 4.98 Å². The Bertz CT molecular complexity index is 726. The first-order chi connectivity index (χ1) is 9.20. The maximum absolute atomic E-state index is 5.75. The Morgan fingerprint density at radius 3 is 2.95 bits per heavy atom. The molecule has 3 nitrogen and oxygen atoms in total. The summed E-state index contributed by atoms with van der Waals surface area (Å²) in [5, 5.41) is 0.667. The van der Waals surface area contributed by atoms with Crippen LogP contribution >= 0.6 is 27.3 Å². The molecule has 3 rings (SSSR count). The lowest BCUT2D eigenvalue weighted by molar-refractivity contribution is 0.305. The number of fused-ring (bicyclic) bond motifs is 1. The van der Waals surface area contributed by atoms with Gasteiger partial charge >= 0.3 is 0 Å². The monoisotopic (exact) mass is 334 g/mol. The van der Waals surface area contributed by atoms with Crippen LogP contribution in [0.15, 0.2) is 46.9 Å². The molecule has 0 bridgehead atoms. The van der Waals surface area contributed by atoms with Gasteiger partial charge in [-0.05, 0) is 35.9 Å². The van der Waals surface area contributed by atoms with E-state index in [0.717, 1.165) is 25.9 Å². The molecule has 0 atom stereocenters. The summed E-state index contributed by atoms with van der Waals surface area (Å²) < 4.78 is 7.81. The summed E-state index contributed by atoms with van der Waals surface area (Å²) in [6.07, 6.45) is 0. The van der Waals surface area contributed by atoms with Crippen molar-refractivity contribution >= 4 is 43.2 Å². The van der Waals surface area contributed by atoms with E-state index in [4.69, 9.17) is 10.5 Å². The number of nitrogens with two attached hydrogens (primary N) is 1. The molecule has 0 amide bonds. The third kappa shape index (κ3) is 2.88. The summed E-state index contributed by atoms with van der Waals surface area (Å²) in [7, 11) is 0. The number of aromatic nitrogens is 1. The minimum Gasteiger partial charge on any atom is -0.465 e. The summed E-state index contributed by atoms with van der Waals surface area (Å²) in [6, 6.07) is 13.7. The zero-order valence-electron chi connectivity index (χ0n) is 9.97. The van der Waals surface area contributed by atoms with Gasteiger partial charge in [0.2, 0.25) is 0 Å². The Balaban J connectivity index is 1.78. The lowest BCUT2D eigenvalue weighted by Crippen LogP contribution is -1.94. The number of rotatable bonds is 3. The van der Waals surface area contributed by atoms with Crippen molar-refractivity contribution in [2.45, 2.75) is 6.61 Å². The Morgan fingerprint density at radius 1 is 1.21 bits per heavy atom. The molecule has 0 fully saturated rings. The van der Waals surface area contributed by atoms with Gasteiger partial charge in [-0.3, -0.25) is 0 Å². The second-order valence-electron chi connectivity index (χ2n) is 4.13. The van der Waals surface area contributed by atoms with Crippen LogP contribution in [-0.2, 0) is 6.61 Å². The number of nitrogens with zero attached hydrogens (tertiary/aromatic N) is 1. The van der Waals surface area contributed by atoms with Crippen molar-refractivity contribution in [1.29, 1.82) is 0 Å². The molecule has 0 aliphatic carbocycles. The predicted octanol–water partition coefficient (Wildman–Crippen LogP) is 4.22. The van der Waals surface area contributed by atoms with E-state index in [1.54, 1.807) is 0 Å². The molecular formula is C14H11BrN2OS. The lowest BCUT2D eigenvalue weighted by Gasteiger charge is -2.02. The highest BCUT2D eigenvalue weighted by atomic mass is 79.9. The predicted molar refractivity (Wildman–Crippen MR) is 82.5 cm³/mol. The molecule has 2 N–H and O–H groups in total. The fraction of sp³-hybridized carbons (Fsp3) is 0.0714. The zero-order chi connectivity index (χ0) is 13.2.